The number of carbonyl (C=O) groups excluding carboxylic acids is 1. The van der Waals surface area contributed by atoms with Crippen LogP contribution < -0.4 is 5.73 Å². The minimum atomic E-state index is -0.616. The van der Waals surface area contributed by atoms with E-state index >= 15 is 0 Å². The van der Waals surface area contributed by atoms with Gasteiger partial charge in [0.1, 0.15) is 6.04 Å². The molecule has 0 aromatic carbocycles. The lowest BCUT2D eigenvalue weighted by atomic mass is 10.2. The maximum Gasteiger partial charge on any atom is 0.324 e. The van der Waals surface area contributed by atoms with Crippen molar-refractivity contribution >= 4 is 5.97 Å². The van der Waals surface area contributed by atoms with Crippen molar-refractivity contribution in [3.63, 3.8) is 0 Å². The number of rotatable bonds is 2. The van der Waals surface area contributed by atoms with Crippen LogP contribution in [0.25, 0.3) is 0 Å². The van der Waals surface area contributed by atoms with E-state index in [9.17, 15) is 4.79 Å². The third kappa shape index (κ3) is 1.42. The molecule has 1 atom stereocenters. The number of ether oxygens (including phenoxy) is 1. The first-order valence-electron chi connectivity index (χ1n) is 3.04. The molecule has 0 aliphatic heterocycles. The van der Waals surface area contributed by atoms with Gasteiger partial charge in [0, 0.05) is 0 Å². The molecule has 1 saturated carbocycles. The summed E-state index contributed by atoms with van der Waals surface area (Å²) in [6.45, 7) is 0. The highest BCUT2D eigenvalue weighted by Gasteiger charge is 2.34. The smallest absolute Gasteiger partial charge is 0.324 e. The molecule has 0 amide bonds. The topological polar surface area (TPSA) is 50.1 Å². The Hall–Kier alpha value is -0.570. The van der Waals surface area contributed by atoms with Crippen LogP contribution in [-0.4, -0.2) is 19.1 Å². The van der Waals surface area contributed by atoms with Gasteiger partial charge in [-0.05, 0) is 18.8 Å². The van der Waals surface area contributed by atoms with Crippen molar-refractivity contribution in [3.8, 4) is 0 Å². The molecule has 9 heavy (non-hydrogen) atoms. The third-order valence-corrected chi connectivity index (χ3v) is 1.55. The van der Waals surface area contributed by atoms with Crippen molar-refractivity contribution in [2.75, 3.05) is 7.11 Å². The normalized spacial score (nSPS) is 21.1. The van der Waals surface area contributed by atoms with Crippen molar-refractivity contribution < 1.29 is 9.53 Å². The van der Waals surface area contributed by atoms with Gasteiger partial charge < -0.3 is 4.74 Å². The summed E-state index contributed by atoms with van der Waals surface area (Å²) in [5.74, 6) is -0.102. The van der Waals surface area contributed by atoms with Gasteiger partial charge in [0.05, 0.1) is 7.11 Å². The Labute approximate surface area is 54.2 Å². The van der Waals surface area contributed by atoms with Crippen LogP contribution in [0.4, 0.5) is 0 Å². The monoisotopic (exact) mass is 128 g/mol. The second-order valence-electron chi connectivity index (χ2n) is 2.34. The Morgan fingerprint density at radius 2 is 2.33 bits per heavy atom. The van der Waals surface area contributed by atoms with E-state index in [2.05, 4.69) is 4.74 Å². The molecule has 0 saturated heterocycles. The van der Waals surface area contributed by atoms with Crippen LogP contribution >= 0.6 is 0 Å². The summed E-state index contributed by atoms with van der Waals surface area (Å²) < 4.78 is 4.39. The molecule has 1 unspecified atom stereocenters. The molecule has 1 fully saturated rings. The number of hydrogen-bond donors (Lipinski definition) is 0. The molecule has 3 nitrogen and oxygen atoms in total. The molecule has 0 bridgehead atoms. The fourth-order valence-corrected chi connectivity index (χ4v) is 0.749. The maximum atomic E-state index is 10.6. The second kappa shape index (κ2) is 2.35. The van der Waals surface area contributed by atoms with E-state index in [-0.39, 0.29) is 5.92 Å². The minimum Gasteiger partial charge on any atom is -0.468 e. The summed E-state index contributed by atoms with van der Waals surface area (Å²) in [5.41, 5.74) is 7.22. The molecule has 1 N–H and O–H groups in total. The lowest BCUT2D eigenvalue weighted by Crippen LogP contribution is -2.25. The Balaban J connectivity index is 2.30. The van der Waals surface area contributed by atoms with E-state index in [4.69, 9.17) is 5.73 Å². The van der Waals surface area contributed by atoms with Crippen LogP contribution in [0.5, 0.6) is 0 Å². The van der Waals surface area contributed by atoms with Crippen LogP contribution in [0.3, 0.4) is 0 Å². The molecule has 0 heterocycles. The van der Waals surface area contributed by atoms with Gasteiger partial charge in [-0.3, -0.25) is 4.79 Å². The van der Waals surface area contributed by atoms with E-state index in [1.165, 1.54) is 7.11 Å². The van der Waals surface area contributed by atoms with Gasteiger partial charge in [0.25, 0.3) is 0 Å². The van der Waals surface area contributed by atoms with E-state index in [0.717, 1.165) is 12.8 Å². The lowest BCUT2D eigenvalue weighted by Gasteiger charge is -2.03. The van der Waals surface area contributed by atoms with E-state index < -0.39 is 12.0 Å². The van der Waals surface area contributed by atoms with Crippen molar-refractivity contribution in [2.45, 2.75) is 18.9 Å². The summed E-state index contributed by atoms with van der Waals surface area (Å²) in [6.07, 6.45) is 2.03. The molecule has 1 rings (SSSR count). The number of methoxy groups -OCH3 is 1. The zero-order valence-electron chi connectivity index (χ0n) is 5.39. The van der Waals surface area contributed by atoms with Gasteiger partial charge in [-0.15, -0.1) is 0 Å². The summed E-state index contributed by atoms with van der Waals surface area (Å²) in [5, 5.41) is 0. The summed E-state index contributed by atoms with van der Waals surface area (Å²) >= 11 is 0. The molecule has 3 heteroatoms. The van der Waals surface area contributed by atoms with Crippen LogP contribution in [-0.2, 0) is 9.53 Å². The first-order chi connectivity index (χ1) is 4.25. The Kier molecular flexibility index (Phi) is 1.71. The number of nitrogens with one attached hydrogen (secondary N) is 1. The van der Waals surface area contributed by atoms with Crippen LogP contribution in [0.2, 0.25) is 0 Å². The van der Waals surface area contributed by atoms with Crippen LogP contribution in [0.1, 0.15) is 12.8 Å². The predicted molar refractivity (Wildman–Crippen MR) is 31.6 cm³/mol. The fraction of sp³-hybridized carbons (Fsp3) is 0.833. The molecular formula is C6H10NO2. The first kappa shape index (κ1) is 6.55. The van der Waals surface area contributed by atoms with Crippen molar-refractivity contribution in [2.24, 2.45) is 5.92 Å². The van der Waals surface area contributed by atoms with E-state index in [0.29, 0.717) is 0 Å². The van der Waals surface area contributed by atoms with Crippen molar-refractivity contribution in [1.29, 1.82) is 0 Å². The van der Waals surface area contributed by atoms with Gasteiger partial charge >= 0.3 is 5.97 Å². The lowest BCUT2D eigenvalue weighted by molar-refractivity contribution is -0.142. The Morgan fingerprint density at radius 1 is 1.78 bits per heavy atom. The minimum absolute atomic E-state index is 0.289. The van der Waals surface area contributed by atoms with Gasteiger partial charge in [0.2, 0.25) is 0 Å². The fourth-order valence-electron chi connectivity index (χ4n) is 0.749. The highest BCUT2D eigenvalue weighted by Crippen LogP contribution is 2.32. The predicted octanol–water partition coefficient (Wildman–Crippen LogP) is 0.221. The summed E-state index contributed by atoms with van der Waals surface area (Å²) in [6, 6.07) is -0.616. The van der Waals surface area contributed by atoms with Crippen molar-refractivity contribution in [1.82, 2.24) is 5.73 Å². The SMILES string of the molecule is COC(=O)C([NH])C1CC1. The average Bonchev–Trinajstić information content (AvgIpc) is 2.66. The van der Waals surface area contributed by atoms with Gasteiger partial charge in [-0.25, -0.2) is 5.73 Å². The molecule has 1 radical (unpaired) electrons. The van der Waals surface area contributed by atoms with Gasteiger partial charge in [-0.1, -0.05) is 0 Å². The molecule has 51 valence electrons. The van der Waals surface area contributed by atoms with Gasteiger partial charge in [-0.2, -0.15) is 0 Å². The Morgan fingerprint density at radius 3 is 2.67 bits per heavy atom. The molecular weight excluding hydrogens is 118 g/mol. The number of carbonyl (C=O) groups is 1. The summed E-state index contributed by atoms with van der Waals surface area (Å²) in [7, 11) is 1.33. The van der Waals surface area contributed by atoms with Crippen LogP contribution in [0.15, 0.2) is 0 Å². The third-order valence-electron chi connectivity index (χ3n) is 1.55. The highest BCUT2D eigenvalue weighted by atomic mass is 16.5. The quantitative estimate of drug-likeness (QED) is 0.499. The number of esters is 1. The first-order valence-corrected chi connectivity index (χ1v) is 3.04. The van der Waals surface area contributed by atoms with Gasteiger partial charge in [0.15, 0.2) is 0 Å². The molecule has 0 aromatic rings. The second-order valence-corrected chi connectivity index (χ2v) is 2.34. The van der Waals surface area contributed by atoms with Crippen LogP contribution in [0, 0.1) is 5.92 Å². The largest absolute Gasteiger partial charge is 0.468 e. The molecule has 0 aromatic heterocycles. The molecule has 1 aliphatic rings. The van der Waals surface area contributed by atoms with E-state index in [1.807, 2.05) is 0 Å². The standard InChI is InChI=1S/C6H10NO2/c1-9-6(8)5(7)4-2-3-4/h4-5,7H,2-3H2,1H3. The summed E-state index contributed by atoms with van der Waals surface area (Å²) in [4.78, 5) is 10.6. The molecule has 0 spiro atoms. The maximum absolute atomic E-state index is 10.6. The average molecular weight is 128 g/mol. The zero-order chi connectivity index (χ0) is 6.85. The van der Waals surface area contributed by atoms with Crippen molar-refractivity contribution in [3.05, 3.63) is 0 Å². The number of hydrogen-bond acceptors (Lipinski definition) is 2. The zero-order valence-corrected chi connectivity index (χ0v) is 5.39. The highest BCUT2D eigenvalue weighted by molar-refractivity contribution is 5.75. The Bertz CT molecular complexity index is 120. The van der Waals surface area contributed by atoms with E-state index in [1.54, 1.807) is 0 Å². The molecule has 1 aliphatic carbocycles.